The van der Waals surface area contributed by atoms with Crippen LogP contribution in [-0.4, -0.2) is 69.7 Å². The molecule has 1 aliphatic rings. The van der Waals surface area contributed by atoms with Gasteiger partial charge in [-0.3, -0.25) is 9.67 Å². The molecule has 5 rings (SSSR count). The summed E-state index contributed by atoms with van der Waals surface area (Å²) in [5.41, 5.74) is 4.42. The van der Waals surface area contributed by atoms with Gasteiger partial charge in [0, 0.05) is 61.5 Å². The van der Waals surface area contributed by atoms with Gasteiger partial charge >= 0.3 is 6.09 Å². The number of aryl methyl sites for hydroxylation is 1. The van der Waals surface area contributed by atoms with Gasteiger partial charge in [-0.2, -0.15) is 5.10 Å². The van der Waals surface area contributed by atoms with Crippen LogP contribution in [0.3, 0.4) is 0 Å². The van der Waals surface area contributed by atoms with Gasteiger partial charge in [0.2, 0.25) is 0 Å². The zero-order valence-electron chi connectivity index (χ0n) is 23.9. The van der Waals surface area contributed by atoms with Crippen molar-refractivity contribution in [1.29, 1.82) is 0 Å². The van der Waals surface area contributed by atoms with E-state index in [9.17, 15) is 4.79 Å². The zero-order valence-corrected chi connectivity index (χ0v) is 23.9. The van der Waals surface area contributed by atoms with Crippen molar-refractivity contribution in [2.45, 2.75) is 45.3 Å². The Kier molecular flexibility index (Phi) is 7.51. The fraction of sp³-hybridized carbons (Fsp3) is 0.400. The van der Waals surface area contributed by atoms with Crippen LogP contribution in [0.15, 0.2) is 55.0 Å². The highest BCUT2D eigenvalue weighted by Crippen LogP contribution is 2.36. The minimum absolute atomic E-state index is 0.0458. The van der Waals surface area contributed by atoms with E-state index in [4.69, 9.17) is 19.2 Å². The van der Waals surface area contributed by atoms with E-state index in [1.54, 1.807) is 31.3 Å². The quantitative estimate of drug-likeness (QED) is 0.297. The Bertz CT molecular complexity index is 1490. The first-order valence-electron chi connectivity index (χ1n) is 13.4. The SMILES string of the molecule is COc1cc(OC)cc(N(CC2CCCN2C(=O)OC(C)(C)C)c2ccc3ncc(-c4cnn(C)c4)nc3c2)c1. The van der Waals surface area contributed by atoms with E-state index in [1.165, 1.54) is 0 Å². The lowest BCUT2D eigenvalue weighted by Gasteiger charge is -2.33. The van der Waals surface area contributed by atoms with Gasteiger partial charge in [0.1, 0.15) is 17.1 Å². The van der Waals surface area contributed by atoms with Gasteiger partial charge < -0.3 is 24.0 Å². The number of amides is 1. The summed E-state index contributed by atoms with van der Waals surface area (Å²) >= 11 is 0. The Morgan fingerprint density at radius 3 is 2.42 bits per heavy atom. The van der Waals surface area contributed by atoms with Gasteiger partial charge in [-0.1, -0.05) is 0 Å². The fourth-order valence-corrected chi connectivity index (χ4v) is 4.97. The lowest BCUT2D eigenvalue weighted by atomic mass is 10.1. The van der Waals surface area contributed by atoms with Crippen molar-refractivity contribution in [2.24, 2.45) is 7.05 Å². The smallest absolute Gasteiger partial charge is 0.410 e. The predicted molar refractivity (Wildman–Crippen MR) is 154 cm³/mol. The highest BCUT2D eigenvalue weighted by molar-refractivity contribution is 5.83. The largest absolute Gasteiger partial charge is 0.497 e. The van der Waals surface area contributed by atoms with E-state index in [-0.39, 0.29) is 12.1 Å². The van der Waals surface area contributed by atoms with Gasteiger partial charge in [-0.25, -0.2) is 9.78 Å². The Morgan fingerprint density at radius 2 is 1.77 bits per heavy atom. The molecule has 1 fully saturated rings. The number of rotatable bonds is 7. The standard InChI is InChI=1S/C30H36N6O4/c1-30(2,3)40-29(37)35-11-7-8-22(35)19-36(23-12-24(38-5)15-25(13-23)39-6)21-9-10-26-27(14-21)33-28(17-31-26)20-16-32-34(4)18-20/h9-10,12-18,22H,7-8,11,19H2,1-6H3. The van der Waals surface area contributed by atoms with Crippen LogP contribution in [0.25, 0.3) is 22.3 Å². The van der Waals surface area contributed by atoms with E-state index < -0.39 is 5.60 Å². The number of aromatic nitrogens is 4. The van der Waals surface area contributed by atoms with Crippen molar-refractivity contribution in [3.05, 3.63) is 55.0 Å². The summed E-state index contributed by atoms with van der Waals surface area (Å²) in [6.45, 7) is 6.88. The molecule has 2 aromatic carbocycles. The van der Waals surface area contributed by atoms with Gasteiger partial charge in [-0.15, -0.1) is 0 Å². The zero-order chi connectivity index (χ0) is 28.4. The van der Waals surface area contributed by atoms with E-state index in [0.29, 0.717) is 24.6 Å². The maximum Gasteiger partial charge on any atom is 0.410 e. The molecule has 0 radical (unpaired) electrons. The molecule has 10 nitrogen and oxygen atoms in total. The van der Waals surface area contributed by atoms with Crippen molar-refractivity contribution in [1.82, 2.24) is 24.6 Å². The number of methoxy groups -OCH3 is 2. The van der Waals surface area contributed by atoms with E-state index in [1.807, 2.05) is 75.3 Å². The molecule has 1 unspecified atom stereocenters. The van der Waals surface area contributed by atoms with Crippen molar-refractivity contribution in [2.75, 3.05) is 32.2 Å². The first kappa shape index (κ1) is 27.2. The number of benzene rings is 2. The molecular weight excluding hydrogens is 508 g/mol. The van der Waals surface area contributed by atoms with E-state index >= 15 is 0 Å². The minimum atomic E-state index is -0.562. The number of carbonyl (C=O) groups excluding carboxylic acids is 1. The number of hydrogen-bond donors (Lipinski definition) is 0. The topological polar surface area (TPSA) is 94.8 Å². The van der Waals surface area contributed by atoms with Crippen molar-refractivity contribution in [3.63, 3.8) is 0 Å². The molecule has 0 spiro atoms. The highest BCUT2D eigenvalue weighted by atomic mass is 16.6. The van der Waals surface area contributed by atoms with Crippen LogP contribution in [0.5, 0.6) is 11.5 Å². The molecule has 1 aliphatic heterocycles. The summed E-state index contributed by atoms with van der Waals surface area (Å²) < 4.78 is 18.6. The molecule has 10 heteroatoms. The number of carbonyl (C=O) groups is 1. The van der Waals surface area contributed by atoms with Crippen LogP contribution in [0.1, 0.15) is 33.6 Å². The number of anilines is 2. The molecule has 3 heterocycles. The summed E-state index contributed by atoms with van der Waals surface area (Å²) in [5.74, 6) is 1.35. The summed E-state index contributed by atoms with van der Waals surface area (Å²) in [6, 6.07) is 11.8. The molecule has 4 aromatic rings. The number of fused-ring (bicyclic) bond motifs is 1. The molecule has 1 amide bonds. The summed E-state index contributed by atoms with van der Waals surface area (Å²) in [5, 5.41) is 4.27. The third-order valence-corrected chi connectivity index (χ3v) is 6.88. The average Bonchev–Trinajstić information content (AvgIpc) is 3.58. The third kappa shape index (κ3) is 5.95. The molecule has 0 saturated carbocycles. The van der Waals surface area contributed by atoms with Crippen LogP contribution >= 0.6 is 0 Å². The molecule has 40 heavy (non-hydrogen) atoms. The van der Waals surface area contributed by atoms with Crippen molar-refractivity contribution >= 4 is 28.5 Å². The Balaban J connectivity index is 1.55. The number of nitrogens with zero attached hydrogens (tertiary/aromatic N) is 6. The lowest BCUT2D eigenvalue weighted by Crippen LogP contribution is -2.44. The van der Waals surface area contributed by atoms with Crippen molar-refractivity contribution < 1.29 is 19.0 Å². The highest BCUT2D eigenvalue weighted by Gasteiger charge is 2.34. The first-order valence-corrected chi connectivity index (χ1v) is 13.4. The molecule has 1 atom stereocenters. The fourth-order valence-electron chi connectivity index (χ4n) is 4.97. The molecule has 0 N–H and O–H groups in total. The molecule has 210 valence electrons. The number of ether oxygens (including phenoxy) is 3. The molecule has 0 aliphatic carbocycles. The molecule has 2 aromatic heterocycles. The van der Waals surface area contributed by atoms with Crippen molar-refractivity contribution in [3.8, 4) is 22.8 Å². The van der Waals surface area contributed by atoms with Crippen LogP contribution in [0.4, 0.5) is 16.2 Å². The average molecular weight is 545 g/mol. The number of hydrogen-bond acceptors (Lipinski definition) is 8. The third-order valence-electron chi connectivity index (χ3n) is 6.88. The van der Waals surface area contributed by atoms with Crippen LogP contribution < -0.4 is 14.4 Å². The second kappa shape index (κ2) is 11.0. The van der Waals surface area contributed by atoms with Crippen LogP contribution in [0, 0.1) is 0 Å². The summed E-state index contributed by atoms with van der Waals surface area (Å²) in [7, 11) is 5.14. The Morgan fingerprint density at radius 1 is 1.02 bits per heavy atom. The summed E-state index contributed by atoms with van der Waals surface area (Å²) in [6.07, 6.45) is 6.95. The maximum atomic E-state index is 13.1. The molecular formula is C30H36N6O4. The van der Waals surface area contributed by atoms with Gasteiger partial charge in [0.25, 0.3) is 0 Å². The predicted octanol–water partition coefficient (Wildman–Crippen LogP) is 5.59. The number of likely N-dealkylation sites (tertiary alicyclic amines) is 1. The van der Waals surface area contributed by atoms with E-state index in [2.05, 4.69) is 15.0 Å². The Hall–Kier alpha value is -4.34. The van der Waals surface area contributed by atoms with Gasteiger partial charge in [-0.05, 0) is 51.8 Å². The van der Waals surface area contributed by atoms with Crippen LogP contribution in [-0.2, 0) is 11.8 Å². The minimum Gasteiger partial charge on any atom is -0.497 e. The molecule has 1 saturated heterocycles. The van der Waals surface area contributed by atoms with Gasteiger partial charge in [0.05, 0.1) is 49.4 Å². The lowest BCUT2D eigenvalue weighted by molar-refractivity contribution is 0.0232. The normalized spacial score (nSPS) is 15.3. The van der Waals surface area contributed by atoms with Gasteiger partial charge in [0.15, 0.2) is 0 Å². The summed E-state index contributed by atoms with van der Waals surface area (Å²) in [4.78, 5) is 26.7. The first-order chi connectivity index (χ1) is 19.1. The van der Waals surface area contributed by atoms with Crippen LogP contribution in [0.2, 0.25) is 0 Å². The second-order valence-corrected chi connectivity index (χ2v) is 11.0. The monoisotopic (exact) mass is 544 g/mol. The molecule has 0 bridgehead atoms. The Labute approximate surface area is 234 Å². The van der Waals surface area contributed by atoms with E-state index in [0.717, 1.165) is 46.5 Å². The maximum absolute atomic E-state index is 13.1. The second-order valence-electron chi connectivity index (χ2n) is 11.0.